The molecule has 0 aromatic heterocycles. The lowest BCUT2D eigenvalue weighted by Gasteiger charge is -2.34. The van der Waals surface area contributed by atoms with Gasteiger partial charge in [-0.3, -0.25) is 4.79 Å². The zero-order valence-electron chi connectivity index (χ0n) is 10.0. The van der Waals surface area contributed by atoms with Crippen LogP contribution < -0.4 is 0 Å². The second-order valence-corrected chi connectivity index (χ2v) is 5.16. The molecule has 0 aromatic rings. The summed E-state index contributed by atoms with van der Waals surface area (Å²) in [6, 6.07) is 0. The van der Waals surface area contributed by atoms with Crippen LogP contribution in [0.3, 0.4) is 0 Å². The van der Waals surface area contributed by atoms with E-state index >= 15 is 0 Å². The Morgan fingerprint density at radius 3 is 2.25 bits per heavy atom. The summed E-state index contributed by atoms with van der Waals surface area (Å²) >= 11 is 1.90. The minimum atomic E-state index is -0.692. The van der Waals surface area contributed by atoms with Crippen LogP contribution in [0.25, 0.3) is 0 Å². The van der Waals surface area contributed by atoms with Crippen LogP contribution in [-0.4, -0.2) is 72.2 Å². The molecule has 1 aliphatic heterocycles. The largest absolute Gasteiger partial charge is 0.481 e. The van der Waals surface area contributed by atoms with Crippen molar-refractivity contribution in [3.8, 4) is 0 Å². The van der Waals surface area contributed by atoms with Gasteiger partial charge in [0.25, 0.3) is 0 Å². The molecule has 0 unspecified atom stereocenters. The molecule has 0 atom stereocenters. The van der Waals surface area contributed by atoms with E-state index in [0.717, 1.165) is 26.2 Å². The van der Waals surface area contributed by atoms with Gasteiger partial charge < -0.3 is 14.9 Å². The maximum absolute atomic E-state index is 10.4. The highest BCUT2D eigenvalue weighted by Gasteiger charge is 2.16. The second kappa shape index (κ2) is 7.92. The smallest absolute Gasteiger partial charge is 0.304 e. The minimum Gasteiger partial charge on any atom is -0.481 e. The molecule has 0 aromatic carbocycles. The first-order chi connectivity index (χ1) is 7.72. The molecule has 1 heterocycles. The maximum Gasteiger partial charge on any atom is 0.304 e. The summed E-state index contributed by atoms with van der Waals surface area (Å²) in [5, 5.41) is 8.60. The van der Waals surface area contributed by atoms with Crippen LogP contribution in [0.2, 0.25) is 0 Å². The van der Waals surface area contributed by atoms with Crippen molar-refractivity contribution in [3.05, 3.63) is 0 Å². The Morgan fingerprint density at radius 2 is 1.75 bits per heavy atom. The highest BCUT2D eigenvalue weighted by Crippen LogP contribution is 2.04. The highest BCUT2D eigenvalue weighted by atomic mass is 32.2. The summed E-state index contributed by atoms with van der Waals surface area (Å²) in [4.78, 5) is 15.2. The maximum atomic E-state index is 10.4. The van der Waals surface area contributed by atoms with E-state index in [2.05, 4.69) is 16.1 Å². The molecule has 1 fully saturated rings. The molecule has 0 aliphatic carbocycles. The van der Waals surface area contributed by atoms with E-state index < -0.39 is 5.97 Å². The summed E-state index contributed by atoms with van der Waals surface area (Å²) < 4.78 is 0. The Morgan fingerprint density at radius 1 is 1.19 bits per heavy atom. The standard InChI is InChI=1S/C11H22N2O2S/c1-16-10-2-4-12-6-8-13(9-7-12)5-3-11(14)15/h2-10H2,1H3,(H,14,15). The average molecular weight is 246 g/mol. The predicted octanol–water partition coefficient (Wildman–Crippen LogP) is 0.832. The fraction of sp³-hybridized carbons (Fsp3) is 0.909. The molecule has 1 aliphatic rings. The molecule has 5 heteroatoms. The van der Waals surface area contributed by atoms with Gasteiger partial charge in [0, 0.05) is 32.7 Å². The van der Waals surface area contributed by atoms with Gasteiger partial charge in [-0.1, -0.05) is 0 Å². The third-order valence-electron chi connectivity index (χ3n) is 2.93. The van der Waals surface area contributed by atoms with Gasteiger partial charge >= 0.3 is 5.97 Å². The lowest BCUT2D eigenvalue weighted by molar-refractivity contribution is -0.137. The number of carboxylic acid groups (broad SMARTS) is 1. The molecule has 4 nitrogen and oxygen atoms in total. The number of thioether (sulfide) groups is 1. The Bertz CT molecular complexity index is 206. The van der Waals surface area contributed by atoms with Gasteiger partial charge in [0.15, 0.2) is 0 Å². The predicted molar refractivity (Wildman–Crippen MR) is 68.1 cm³/mol. The van der Waals surface area contributed by atoms with Crippen molar-refractivity contribution in [1.82, 2.24) is 9.80 Å². The minimum absolute atomic E-state index is 0.270. The van der Waals surface area contributed by atoms with Crippen molar-refractivity contribution < 1.29 is 9.90 Å². The van der Waals surface area contributed by atoms with Crippen LogP contribution >= 0.6 is 11.8 Å². The van der Waals surface area contributed by atoms with E-state index in [1.54, 1.807) is 0 Å². The summed E-state index contributed by atoms with van der Waals surface area (Å²) in [6.07, 6.45) is 3.67. The Kier molecular flexibility index (Phi) is 6.84. The fourth-order valence-electron chi connectivity index (χ4n) is 1.92. The summed E-state index contributed by atoms with van der Waals surface area (Å²) in [6.45, 7) is 6.11. The molecular formula is C11H22N2O2S. The summed E-state index contributed by atoms with van der Waals surface area (Å²) in [5.41, 5.74) is 0. The molecule has 94 valence electrons. The quantitative estimate of drug-likeness (QED) is 0.674. The lowest BCUT2D eigenvalue weighted by Crippen LogP contribution is -2.47. The fourth-order valence-corrected chi connectivity index (χ4v) is 2.34. The first kappa shape index (κ1) is 13.8. The van der Waals surface area contributed by atoms with Gasteiger partial charge in [-0.2, -0.15) is 11.8 Å². The zero-order valence-corrected chi connectivity index (χ0v) is 10.8. The second-order valence-electron chi connectivity index (χ2n) is 4.17. The Labute approximate surface area is 102 Å². The molecule has 1 rings (SSSR count). The van der Waals surface area contributed by atoms with E-state index in [-0.39, 0.29) is 6.42 Å². The Balaban J connectivity index is 2.06. The molecule has 0 radical (unpaired) electrons. The molecular weight excluding hydrogens is 224 g/mol. The molecule has 1 N–H and O–H groups in total. The van der Waals surface area contributed by atoms with Crippen LogP contribution in [0.15, 0.2) is 0 Å². The SMILES string of the molecule is CSCCCN1CCN(CCC(=O)O)CC1. The normalized spacial score (nSPS) is 18.8. The number of piperazine rings is 1. The molecule has 0 bridgehead atoms. The van der Waals surface area contributed by atoms with Crippen LogP contribution in [0.1, 0.15) is 12.8 Å². The van der Waals surface area contributed by atoms with Gasteiger partial charge in [-0.05, 0) is 25.0 Å². The topological polar surface area (TPSA) is 43.8 Å². The van der Waals surface area contributed by atoms with Gasteiger partial charge in [0.2, 0.25) is 0 Å². The zero-order chi connectivity index (χ0) is 11.8. The van der Waals surface area contributed by atoms with Crippen molar-refractivity contribution in [2.75, 3.05) is 51.3 Å². The Hall–Kier alpha value is -0.260. The number of hydrogen-bond acceptors (Lipinski definition) is 4. The van der Waals surface area contributed by atoms with E-state index in [4.69, 9.17) is 5.11 Å². The number of aliphatic carboxylic acids is 1. The third-order valence-corrected chi connectivity index (χ3v) is 3.63. The van der Waals surface area contributed by atoms with E-state index in [1.165, 1.54) is 18.7 Å². The van der Waals surface area contributed by atoms with Crippen molar-refractivity contribution in [2.45, 2.75) is 12.8 Å². The van der Waals surface area contributed by atoms with Gasteiger partial charge in [-0.25, -0.2) is 0 Å². The molecule has 1 saturated heterocycles. The molecule has 0 saturated carbocycles. The van der Waals surface area contributed by atoms with Crippen molar-refractivity contribution in [2.24, 2.45) is 0 Å². The first-order valence-electron chi connectivity index (χ1n) is 5.88. The molecule has 0 spiro atoms. The number of rotatable bonds is 7. The monoisotopic (exact) mass is 246 g/mol. The van der Waals surface area contributed by atoms with E-state index in [1.807, 2.05) is 11.8 Å². The number of carboxylic acids is 1. The highest BCUT2D eigenvalue weighted by molar-refractivity contribution is 7.98. The van der Waals surface area contributed by atoms with Gasteiger partial charge in [0.05, 0.1) is 6.42 Å². The van der Waals surface area contributed by atoms with Crippen LogP contribution in [0.5, 0.6) is 0 Å². The van der Waals surface area contributed by atoms with Crippen LogP contribution in [-0.2, 0) is 4.79 Å². The number of carbonyl (C=O) groups is 1. The third kappa shape index (κ3) is 5.72. The van der Waals surface area contributed by atoms with Crippen molar-refractivity contribution >= 4 is 17.7 Å². The lowest BCUT2D eigenvalue weighted by atomic mass is 10.2. The number of hydrogen-bond donors (Lipinski definition) is 1. The first-order valence-corrected chi connectivity index (χ1v) is 7.27. The van der Waals surface area contributed by atoms with Crippen LogP contribution in [0.4, 0.5) is 0 Å². The van der Waals surface area contributed by atoms with Gasteiger partial charge in [0.1, 0.15) is 0 Å². The summed E-state index contributed by atoms with van der Waals surface area (Å²) in [5.74, 6) is 0.543. The molecule has 0 amide bonds. The summed E-state index contributed by atoms with van der Waals surface area (Å²) in [7, 11) is 0. The van der Waals surface area contributed by atoms with Crippen LogP contribution in [0, 0.1) is 0 Å². The molecule has 16 heavy (non-hydrogen) atoms. The average Bonchev–Trinajstić information content (AvgIpc) is 2.28. The van der Waals surface area contributed by atoms with Crippen molar-refractivity contribution in [1.29, 1.82) is 0 Å². The van der Waals surface area contributed by atoms with Crippen molar-refractivity contribution in [3.63, 3.8) is 0 Å². The van der Waals surface area contributed by atoms with E-state index in [9.17, 15) is 4.79 Å². The van der Waals surface area contributed by atoms with E-state index in [0.29, 0.717) is 6.54 Å². The number of nitrogens with zero attached hydrogens (tertiary/aromatic N) is 2. The van der Waals surface area contributed by atoms with Gasteiger partial charge in [-0.15, -0.1) is 0 Å².